The Hall–Kier alpha value is -2.61. The highest BCUT2D eigenvalue weighted by atomic mass is 16.5. The standard InChI is InChI=1S/C16H17N3O2/c1-3-4-9-21-14-8-6-5-7-12(14)15-18-11(2)13(10-17)16(20)19-15/h5-8H,3-4,9H2,1-2H3,(H,18,19,20). The Bertz CT molecular complexity index is 729. The van der Waals surface area contributed by atoms with Crippen molar-refractivity contribution in [3.63, 3.8) is 0 Å². The van der Waals surface area contributed by atoms with E-state index in [4.69, 9.17) is 10.00 Å². The summed E-state index contributed by atoms with van der Waals surface area (Å²) < 4.78 is 5.74. The molecule has 5 heteroatoms. The summed E-state index contributed by atoms with van der Waals surface area (Å²) in [6.45, 7) is 4.36. The molecule has 1 aromatic heterocycles. The molecule has 5 nitrogen and oxygen atoms in total. The summed E-state index contributed by atoms with van der Waals surface area (Å²) in [4.78, 5) is 18.8. The number of benzene rings is 1. The van der Waals surface area contributed by atoms with Crippen molar-refractivity contribution >= 4 is 0 Å². The summed E-state index contributed by atoms with van der Waals surface area (Å²) in [5.74, 6) is 1.10. The molecule has 2 rings (SSSR count). The first-order valence-corrected chi connectivity index (χ1v) is 6.90. The van der Waals surface area contributed by atoms with E-state index in [-0.39, 0.29) is 5.56 Å². The molecule has 0 saturated carbocycles. The van der Waals surface area contributed by atoms with Crippen LogP contribution in [0.5, 0.6) is 5.75 Å². The van der Waals surface area contributed by atoms with Crippen LogP contribution in [0.15, 0.2) is 29.1 Å². The average Bonchev–Trinajstić information content (AvgIpc) is 2.47. The molecule has 21 heavy (non-hydrogen) atoms. The highest BCUT2D eigenvalue weighted by molar-refractivity contribution is 5.64. The number of nitrogens with zero attached hydrogens (tertiary/aromatic N) is 2. The lowest BCUT2D eigenvalue weighted by atomic mass is 10.1. The second-order valence-electron chi connectivity index (χ2n) is 4.68. The summed E-state index contributed by atoms with van der Waals surface area (Å²) in [5, 5.41) is 8.92. The summed E-state index contributed by atoms with van der Waals surface area (Å²) in [6.07, 6.45) is 2.01. The van der Waals surface area contributed by atoms with Gasteiger partial charge in [-0.15, -0.1) is 0 Å². The minimum absolute atomic E-state index is 0.0446. The van der Waals surface area contributed by atoms with Crippen molar-refractivity contribution in [1.82, 2.24) is 9.97 Å². The Balaban J connectivity index is 2.43. The average molecular weight is 283 g/mol. The summed E-state index contributed by atoms with van der Waals surface area (Å²) in [5.41, 5.74) is 0.754. The van der Waals surface area contributed by atoms with Gasteiger partial charge in [-0.05, 0) is 25.5 Å². The van der Waals surface area contributed by atoms with Gasteiger partial charge in [0.2, 0.25) is 0 Å². The number of para-hydroxylation sites is 1. The smallest absolute Gasteiger partial charge is 0.269 e. The summed E-state index contributed by atoms with van der Waals surface area (Å²) in [6, 6.07) is 9.28. The van der Waals surface area contributed by atoms with Crippen LogP contribution in [-0.4, -0.2) is 16.6 Å². The van der Waals surface area contributed by atoms with Gasteiger partial charge in [0.15, 0.2) is 0 Å². The van der Waals surface area contributed by atoms with Crippen LogP contribution in [0.1, 0.15) is 31.0 Å². The van der Waals surface area contributed by atoms with E-state index in [0.29, 0.717) is 23.9 Å². The van der Waals surface area contributed by atoms with Crippen molar-refractivity contribution in [2.75, 3.05) is 6.61 Å². The lowest BCUT2D eigenvalue weighted by Gasteiger charge is -2.11. The van der Waals surface area contributed by atoms with Crippen molar-refractivity contribution in [2.45, 2.75) is 26.7 Å². The van der Waals surface area contributed by atoms with Gasteiger partial charge in [-0.25, -0.2) is 4.98 Å². The molecule has 0 unspecified atom stereocenters. The van der Waals surface area contributed by atoms with Crippen molar-refractivity contribution in [1.29, 1.82) is 5.26 Å². The number of ether oxygens (including phenoxy) is 1. The van der Waals surface area contributed by atoms with E-state index in [2.05, 4.69) is 16.9 Å². The number of nitriles is 1. The predicted molar refractivity (Wildman–Crippen MR) is 80.1 cm³/mol. The van der Waals surface area contributed by atoms with Gasteiger partial charge in [0.05, 0.1) is 17.9 Å². The number of aromatic nitrogens is 2. The Labute approximate surface area is 123 Å². The van der Waals surface area contributed by atoms with Gasteiger partial charge in [0, 0.05) is 0 Å². The summed E-state index contributed by atoms with van der Waals surface area (Å²) >= 11 is 0. The molecule has 0 aliphatic carbocycles. The molecule has 0 fully saturated rings. The van der Waals surface area contributed by atoms with Gasteiger partial charge in [0.1, 0.15) is 23.2 Å². The molecule has 1 heterocycles. The minimum Gasteiger partial charge on any atom is -0.493 e. The van der Waals surface area contributed by atoms with Crippen LogP contribution in [0.25, 0.3) is 11.4 Å². The van der Waals surface area contributed by atoms with Gasteiger partial charge in [-0.3, -0.25) is 4.79 Å². The summed E-state index contributed by atoms with van der Waals surface area (Å²) in [7, 11) is 0. The van der Waals surface area contributed by atoms with E-state index in [1.807, 2.05) is 30.3 Å². The zero-order chi connectivity index (χ0) is 15.2. The Morgan fingerprint density at radius 3 is 2.81 bits per heavy atom. The quantitative estimate of drug-likeness (QED) is 0.856. The molecule has 0 bridgehead atoms. The monoisotopic (exact) mass is 283 g/mol. The van der Waals surface area contributed by atoms with Crippen LogP contribution in [0.4, 0.5) is 0 Å². The second-order valence-corrected chi connectivity index (χ2v) is 4.68. The Morgan fingerprint density at radius 2 is 2.14 bits per heavy atom. The molecule has 0 aliphatic heterocycles. The molecule has 108 valence electrons. The first-order chi connectivity index (χ1) is 10.2. The van der Waals surface area contributed by atoms with E-state index in [1.54, 1.807) is 6.92 Å². The largest absolute Gasteiger partial charge is 0.493 e. The molecule has 0 atom stereocenters. The fraction of sp³-hybridized carbons (Fsp3) is 0.312. The van der Waals surface area contributed by atoms with Gasteiger partial charge >= 0.3 is 0 Å². The van der Waals surface area contributed by atoms with Crippen molar-refractivity contribution in [3.8, 4) is 23.2 Å². The van der Waals surface area contributed by atoms with Crippen LogP contribution in [0.2, 0.25) is 0 Å². The number of H-pyrrole nitrogens is 1. The Kier molecular flexibility index (Phi) is 4.72. The van der Waals surface area contributed by atoms with Gasteiger partial charge in [-0.2, -0.15) is 5.26 Å². The van der Waals surface area contributed by atoms with Crippen LogP contribution < -0.4 is 10.3 Å². The highest BCUT2D eigenvalue weighted by Gasteiger charge is 2.12. The van der Waals surface area contributed by atoms with E-state index in [0.717, 1.165) is 18.4 Å². The fourth-order valence-corrected chi connectivity index (χ4v) is 1.96. The molecule has 2 aromatic rings. The van der Waals surface area contributed by atoms with E-state index < -0.39 is 5.56 Å². The third-order valence-corrected chi connectivity index (χ3v) is 3.11. The van der Waals surface area contributed by atoms with Gasteiger partial charge < -0.3 is 9.72 Å². The molecule has 0 spiro atoms. The Morgan fingerprint density at radius 1 is 1.38 bits per heavy atom. The molecule has 0 amide bonds. The molecular weight excluding hydrogens is 266 g/mol. The number of aromatic amines is 1. The first kappa shape index (κ1) is 14.8. The number of hydrogen-bond acceptors (Lipinski definition) is 4. The minimum atomic E-state index is -0.427. The third-order valence-electron chi connectivity index (χ3n) is 3.11. The maximum absolute atomic E-state index is 11.9. The van der Waals surface area contributed by atoms with Crippen molar-refractivity contribution < 1.29 is 4.74 Å². The van der Waals surface area contributed by atoms with Crippen molar-refractivity contribution in [2.24, 2.45) is 0 Å². The number of rotatable bonds is 5. The molecular formula is C16H17N3O2. The van der Waals surface area contributed by atoms with Crippen LogP contribution in [0, 0.1) is 18.3 Å². The van der Waals surface area contributed by atoms with Crippen LogP contribution >= 0.6 is 0 Å². The molecule has 0 aliphatic rings. The zero-order valence-electron chi connectivity index (χ0n) is 12.1. The topological polar surface area (TPSA) is 78.8 Å². The van der Waals surface area contributed by atoms with E-state index >= 15 is 0 Å². The normalized spacial score (nSPS) is 10.1. The first-order valence-electron chi connectivity index (χ1n) is 6.90. The SMILES string of the molecule is CCCCOc1ccccc1-c1nc(C)c(C#N)c(=O)[nH]1. The van der Waals surface area contributed by atoms with E-state index in [1.165, 1.54) is 0 Å². The number of nitrogens with one attached hydrogen (secondary N) is 1. The number of hydrogen-bond donors (Lipinski definition) is 1. The van der Waals surface area contributed by atoms with Gasteiger partial charge in [0.25, 0.3) is 5.56 Å². The van der Waals surface area contributed by atoms with Crippen molar-refractivity contribution in [3.05, 3.63) is 45.9 Å². The fourth-order valence-electron chi connectivity index (χ4n) is 1.96. The maximum atomic E-state index is 11.9. The molecule has 0 saturated heterocycles. The molecule has 1 N–H and O–H groups in total. The molecule has 0 radical (unpaired) electrons. The van der Waals surface area contributed by atoms with Crippen LogP contribution in [0.3, 0.4) is 0 Å². The highest BCUT2D eigenvalue weighted by Crippen LogP contribution is 2.27. The maximum Gasteiger partial charge on any atom is 0.269 e. The molecule has 1 aromatic carbocycles. The van der Waals surface area contributed by atoms with Crippen LogP contribution in [-0.2, 0) is 0 Å². The predicted octanol–water partition coefficient (Wildman–Crippen LogP) is 2.80. The third kappa shape index (κ3) is 3.29. The second kappa shape index (κ2) is 6.71. The lowest BCUT2D eigenvalue weighted by Crippen LogP contribution is -2.15. The lowest BCUT2D eigenvalue weighted by molar-refractivity contribution is 0.310. The van der Waals surface area contributed by atoms with Gasteiger partial charge in [-0.1, -0.05) is 25.5 Å². The number of unbranched alkanes of at least 4 members (excludes halogenated alkanes) is 1. The number of aryl methyl sites for hydroxylation is 1. The zero-order valence-corrected chi connectivity index (χ0v) is 12.1. The van der Waals surface area contributed by atoms with E-state index in [9.17, 15) is 4.79 Å².